The molecule has 0 heterocycles. The van der Waals surface area contributed by atoms with E-state index in [0.717, 1.165) is 6.92 Å². The first kappa shape index (κ1) is 17.8. The molecule has 19 heavy (non-hydrogen) atoms. The monoisotopic (exact) mass is 309 g/mol. The molecule has 0 saturated heterocycles. The summed E-state index contributed by atoms with van der Waals surface area (Å²) in [5, 5.41) is 0. The van der Waals surface area contributed by atoms with E-state index in [9.17, 15) is 43.9 Å². The van der Waals surface area contributed by atoms with Gasteiger partial charge in [0.2, 0.25) is 5.95 Å². The normalized spacial score (nSPS) is 15.3. The van der Waals surface area contributed by atoms with Crippen LogP contribution in [0.25, 0.3) is 0 Å². The van der Waals surface area contributed by atoms with E-state index in [1.807, 2.05) is 0 Å². The molecule has 0 amide bonds. The van der Waals surface area contributed by atoms with Gasteiger partial charge in [-0.3, -0.25) is 0 Å². The second-order valence-corrected chi connectivity index (χ2v) is 2.83. The minimum absolute atomic E-state index is 0.838. The first-order valence-electron chi connectivity index (χ1n) is 4.26. The van der Waals surface area contributed by atoms with Gasteiger partial charge < -0.3 is 4.74 Å². The van der Waals surface area contributed by atoms with E-state index in [-0.39, 0.29) is 0 Å². The third-order valence-corrected chi connectivity index (χ3v) is 1.47. The summed E-state index contributed by atoms with van der Waals surface area (Å²) in [4.78, 5) is -3.03. The molecular formula is C7H5F10NO. The average molecular weight is 309 g/mol. The van der Waals surface area contributed by atoms with Crippen molar-refractivity contribution in [3.8, 4) is 0 Å². The van der Waals surface area contributed by atoms with E-state index < -0.39 is 42.0 Å². The van der Waals surface area contributed by atoms with Crippen molar-refractivity contribution in [2.75, 3.05) is 6.61 Å². The zero-order valence-corrected chi connectivity index (χ0v) is 8.84. The molecule has 0 aliphatic rings. The van der Waals surface area contributed by atoms with Gasteiger partial charge in [-0.2, -0.15) is 22.5 Å². The molecule has 0 aromatic heterocycles. The Hall–Kier alpha value is -1.20. The van der Waals surface area contributed by atoms with Gasteiger partial charge in [0.25, 0.3) is 5.83 Å². The molecule has 0 saturated carbocycles. The molecule has 0 N–H and O–H groups in total. The summed E-state index contributed by atoms with van der Waals surface area (Å²) in [6.07, 6.45) is -18.2. The van der Waals surface area contributed by atoms with Crippen molar-refractivity contribution in [2.45, 2.75) is 25.6 Å². The van der Waals surface area contributed by atoms with Crippen LogP contribution >= 0.6 is 0 Å². The predicted octanol–water partition coefficient (Wildman–Crippen LogP) is 4.07. The molecule has 0 fully saturated rings. The first-order chi connectivity index (χ1) is 8.25. The number of alkyl halides is 8. The Morgan fingerprint density at radius 3 is 1.53 bits per heavy atom. The Morgan fingerprint density at radius 2 is 1.26 bits per heavy atom. The lowest BCUT2D eigenvalue weighted by atomic mass is 10.4. The fraction of sp³-hybridized carbons (Fsp3) is 0.714. The molecule has 0 rings (SSSR count). The van der Waals surface area contributed by atoms with Gasteiger partial charge in [0.1, 0.15) is 0 Å². The number of halogens is 10. The van der Waals surface area contributed by atoms with Crippen LogP contribution in [0.4, 0.5) is 43.9 Å². The molecule has 0 aliphatic carbocycles. The van der Waals surface area contributed by atoms with Crippen LogP contribution in [0.1, 0.15) is 6.92 Å². The Labute approximate surface area is 98.8 Å². The Morgan fingerprint density at radius 1 is 0.895 bits per heavy atom. The van der Waals surface area contributed by atoms with Crippen molar-refractivity contribution >= 4 is 0 Å². The van der Waals surface area contributed by atoms with Crippen LogP contribution < -0.4 is 0 Å². The van der Waals surface area contributed by atoms with E-state index in [2.05, 4.69) is 4.74 Å². The van der Waals surface area contributed by atoms with Crippen molar-refractivity contribution in [2.24, 2.45) is 0 Å². The van der Waals surface area contributed by atoms with E-state index in [1.54, 1.807) is 0 Å². The van der Waals surface area contributed by atoms with E-state index >= 15 is 0 Å². The molecule has 0 radical (unpaired) electrons. The molecule has 0 unspecified atom stereocenters. The molecule has 0 aromatic rings. The smallest absolute Gasteiger partial charge is 0.315 e. The van der Waals surface area contributed by atoms with E-state index in [4.69, 9.17) is 0 Å². The van der Waals surface area contributed by atoms with Gasteiger partial charge in [0.05, 0.1) is 6.61 Å². The summed E-state index contributed by atoms with van der Waals surface area (Å²) in [6.45, 7) is -0.143. The third kappa shape index (κ3) is 4.44. The molecule has 0 spiro atoms. The van der Waals surface area contributed by atoms with Crippen molar-refractivity contribution < 1.29 is 48.6 Å². The molecule has 2 nitrogen and oxygen atoms in total. The SMILES string of the molecule is CCOC(F)(F)/C(F)=C(\F)N(C(F)(F)F)C(F)(F)F. The van der Waals surface area contributed by atoms with E-state index in [0.29, 0.717) is 0 Å². The van der Waals surface area contributed by atoms with Gasteiger partial charge in [-0.1, -0.05) is 0 Å². The highest BCUT2D eigenvalue weighted by Crippen LogP contribution is 2.41. The van der Waals surface area contributed by atoms with Crippen LogP contribution in [0.5, 0.6) is 0 Å². The van der Waals surface area contributed by atoms with Crippen LogP contribution in [0.3, 0.4) is 0 Å². The maximum atomic E-state index is 12.7. The van der Waals surface area contributed by atoms with E-state index in [1.165, 1.54) is 0 Å². The summed E-state index contributed by atoms with van der Waals surface area (Å²) in [5.41, 5.74) is 0. The number of hydrogen-bond acceptors (Lipinski definition) is 2. The lowest BCUT2D eigenvalue weighted by Gasteiger charge is -2.27. The molecule has 12 heteroatoms. The molecule has 0 atom stereocenters. The summed E-state index contributed by atoms with van der Waals surface area (Å²) in [6, 6.07) is 0. The van der Waals surface area contributed by atoms with Gasteiger partial charge in [-0.25, -0.2) is 0 Å². The molecule has 0 aliphatic heterocycles. The quantitative estimate of drug-likeness (QED) is 0.573. The van der Waals surface area contributed by atoms with Crippen LogP contribution in [-0.4, -0.2) is 30.2 Å². The third-order valence-electron chi connectivity index (χ3n) is 1.47. The molecular weight excluding hydrogens is 304 g/mol. The van der Waals surface area contributed by atoms with Crippen molar-refractivity contribution in [1.29, 1.82) is 0 Å². The van der Waals surface area contributed by atoms with Crippen LogP contribution in [0.2, 0.25) is 0 Å². The van der Waals surface area contributed by atoms with Gasteiger partial charge in [-0.15, -0.1) is 26.3 Å². The summed E-state index contributed by atoms with van der Waals surface area (Å²) in [5.74, 6) is -7.48. The van der Waals surface area contributed by atoms with Gasteiger partial charge in [0.15, 0.2) is 0 Å². The van der Waals surface area contributed by atoms with Gasteiger partial charge >= 0.3 is 18.7 Å². The zero-order chi connectivity index (χ0) is 15.6. The number of hydrogen-bond donors (Lipinski definition) is 0. The summed E-state index contributed by atoms with van der Waals surface area (Å²) >= 11 is 0. The second-order valence-electron chi connectivity index (χ2n) is 2.83. The number of nitrogens with zero attached hydrogens (tertiary/aromatic N) is 1. The van der Waals surface area contributed by atoms with Crippen LogP contribution in [0.15, 0.2) is 11.8 Å². The van der Waals surface area contributed by atoms with Crippen molar-refractivity contribution in [3.05, 3.63) is 11.8 Å². The maximum Gasteiger partial charge on any atom is 0.493 e. The lowest BCUT2D eigenvalue weighted by molar-refractivity contribution is -0.366. The Balaban J connectivity index is 5.72. The summed E-state index contributed by atoms with van der Waals surface area (Å²) in [7, 11) is 0. The van der Waals surface area contributed by atoms with Crippen molar-refractivity contribution in [3.63, 3.8) is 0 Å². The van der Waals surface area contributed by atoms with Crippen LogP contribution in [0, 0.1) is 0 Å². The van der Waals surface area contributed by atoms with Gasteiger partial charge in [-0.05, 0) is 6.92 Å². The molecule has 114 valence electrons. The topological polar surface area (TPSA) is 12.5 Å². The molecule has 0 aromatic carbocycles. The second kappa shape index (κ2) is 5.43. The zero-order valence-electron chi connectivity index (χ0n) is 8.84. The fourth-order valence-electron chi connectivity index (χ4n) is 0.829. The molecule has 0 bridgehead atoms. The Kier molecular flexibility index (Phi) is 5.08. The van der Waals surface area contributed by atoms with Crippen molar-refractivity contribution in [1.82, 2.24) is 4.90 Å². The van der Waals surface area contributed by atoms with Gasteiger partial charge in [0, 0.05) is 0 Å². The maximum absolute atomic E-state index is 12.7. The largest absolute Gasteiger partial charge is 0.493 e. The first-order valence-corrected chi connectivity index (χ1v) is 4.26. The fourth-order valence-corrected chi connectivity index (χ4v) is 0.829. The highest BCUT2D eigenvalue weighted by molar-refractivity contribution is 5.07. The number of ether oxygens (including phenoxy) is 1. The lowest BCUT2D eigenvalue weighted by Crippen LogP contribution is -2.47. The Bertz CT molecular complexity index is 329. The average Bonchev–Trinajstić information content (AvgIpc) is 2.11. The minimum Gasteiger partial charge on any atom is -0.315 e. The standard InChI is InChI=1S/C7H5F10NO/c1-2-19-5(10,11)3(8)4(9)18(6(12,13)14)7(15,16)17/h2H2,1H3/b4-3-. The summed E-state index contributed by atoms with van der Waals surface area (Å²) < 4.78 is 125. The predicted molar refractivity (Wildman–Crippen MR) is 39.8 cm³/mol. The number of rotatable bonds is 4. The highest BCUT2D eigenvalue weighted by atomic mass is 19.4. The highest BCUT2D eigenvalue weighted by Gasteiger charge is 2.58. The van der Waals surface area contributed by atoms with Crippen LogP contribution in [-0.2, 0) is 4.74 Å². The minimum atomic E-state index is -6.48.